The van der Waals surface area contributed by atoms with Crippen LogP contribution in [0.2, 0.25) is 5.02 Å². The number of benzene rings is 2. The second-order valence-electron chi connectivity index (χ2n) is 7.51. The van der Waals surface area contributed by atoms with Crippen LogP contribution in [0.1, 0.15) is 12.0 Å². The summed E-state index contributed by atoms with van der Waals surface area (Å²) in [6.07, 6.45) is 9.41. The molecule has 34 heavy (non-hydrogen) atoms. The van der Waals surface area contributed by atoms with E-state index in [2.05, 4.69) is 4.98 Å². The van der Waals surface area contributed by atoms with Crippen LogP contribution in [0.3, 0.4) is 0 Å². The molecular formula is C24H21ClN4O4S. The molecule has 0 unspecified atom stereocenters. The maximum atomic E-state index is 13.3. The van der Waals surface area contributed by atoms with E-state index in [0.29, 0.717) is 39.5 Å². The number of nitrogens with zero attached hydrogens (tertiary/aromatic N) is 4. The second-order valence-corrected chi connectivity index (χ2v) is 8.90. The highest BCUT2D eigenvalue weighted by atomic mass is 35.5. The molecule has 1 amide bonds. The molecule has 0 spiro atoms. The average Bonchev–Trinajstić information content (AvgIpc) is 3.61. The van der Waals surface area contributed by atoms with Crippen molar-refractivity contribution in [2.24, 2.45) is 0 Å². The second kappa shape index (κ2) is 9.74. The molecule has 0 radical (unpaired) electrons. The Morgan fingerprint density at radius 3 is 3.00 bits per heavy atom. The number of aryl methyl sites for hydroxylation is 1. The van der Waals surface area contributed by atoms with Crippen molar-refractivity contribution in [3.63, 3.8) is 0 Å². The van der Waals surface area contributed by atoms with Crippen LogP contribution in [0.5, 0.6) is 17.2 Å². The van der Waals surface area contributed by atoms with E-state index in [9.17, 15) is 4.79 Å². The van der Waals surface area contributed by atoms with E-state index in [1.165, 1.54) is 11.3 Å². The standard InChI is InChI=1S/C24H21ClN4O4S/c1-31-19-7-5-17(25)23-22(19)27-24(34-23)29(11-2-10-28-12-9-26-14-28)21(30)8-4-16-3-6-18-20(13-16)33-15-32-18/h3-9,12-14H,2,10-11,15H2,1H3/b8-4+. The predicted molar refractivity (Wildman–Crippen MR) is 132 cm³/mol. The van der Waals surface area contributed by atoms with Gasteiger partial charge in [0.1, 0.15) is 11.3 Å². The molecule has 1 aliphatic heterocycles. The van der Waals surface area contributed by atoms with Crippen molar-refractivity contribution in [1.82, 2.24) is 14.5 Å². The molecular weight excluding hydrogens is 476 g/mol. The summed E-state index contributed by atoms with van der Waals surface area (Å²) in [5, 5.41) is 1.13. The number of hydrogen-bond acceptors (Lipinski definition) is 7. The van der Waals surface area contributed by atoms with E-state index >= 15 is 0 Å². The largest absolute Gasteiger partial charge is 0.494 e. The highest BCUT2D eigenvalue weighted by molar-refractivity contribution is 7.23. The number of anilines is 1. The lowest BCUT2D eigenvalue weighted by molar-refractivity contribution is -0.114. The molecule has 0 saturated heterocycles. The summed E-state index contributed by atoms with van der Waals surface area (Å²) in [4.78, 5) is 23.8. The Bertz CT molecular complexity index is 1350. The molecule has 0 fully saturated rings. The molecule has 2 aromatic heterocycles. The van der Waals surface area contributed by atoms with Crippen LogP contribution < -0.4 is 19.1 Å². The lowest BCUT2D eigenvalue weighted by atomic mass is 10.2. The SMILES string of the molecule is COc1ccc(Cl)c2sc(N(CCCn3ccnc3)C(=O)/C=C/c3ccc4c(c3)OCO4)nc12. The van der Waals surface area contributed by atoms with Gasteiger partial charge in [-0.1, -0.05) is 29.0 Å². The van der Waals surface area contributed by atoms with E-state index in [1.807, 2.05) is 29.0 Å². The molecule has 10 heteroatoms. The summed E-state index contributed by atoms with van der Waals surface area (Å²) in [7, 11) is 1.59. The van der Waals surface area contributed by atoms with Crippen LogP contribution >= 0.6 is 22.9 Å². The van der Waals surface area contributed by atoms with Crippen molar-refractivity contribution in [2.75, 3.05) is 25.3 Å². The Hall–Kier alpha value is -3.56. The minimum Gasteiger partial charge on any atom is -0.494 e. The Kier molecular flexibility index (Phi) is 6.37. The number of carbonyl (C=O) groups excluding carboxylic acids is 1. The number of imidazole rings is 1. The average molecular weight is 497 g/mol. The third-order valence-electron chi connectivity index (χ3n) is 5.34. The molecule has 0 atom stereocenters. The Balaban J connectivity index is 1.42. The first-order chi connectivity index (χ1) is 16.6. The number of ether oxygens (including phenoxy) is 3. The van der Waals surface area contributed by atoms with Gasteiger partial charge in [0.05, 0.1) is 23.2 Å². The van der Waals surface area contributed by atoms with Crippen molar-refractivity contribution in [3.05, 3.63) is 65.7 Å². The van der Waals surface area contributed by atoms with Crippen LogP contribution in [-0.4, -0.2) is 40.9 Å². The molecule has 1 aliphatic rings. The fourth-order valence-corrected chi connectivity index (χ4v) is 4.91. The molecule has 3 heterocycles. The van der Waals surface area contributed by atoms with E-state index in [0.717, 1.165) is 23.2 Å². The van der Waals surface area contributed by atoms with Crippen molar-refractivity contribution in [1.29, 1.82) is 0 Å². The molecule has 8 nitrogen and oxygen atoms in total. The van der Waals surface area contributed by atoms with E-state index in [1.54, 1.807) is 48.8 Å². The number of amides is 1. The summed E-state index contributed by atoms with van der Waals surface area (Å²) in [6, 6.07) is 9.10. The lowest BCUT2D eigenvalue weighted by Gasteiger charge is -2.18. The Labute approximate surface area is 205 Å². The van der Waals surface area contributed by atoms with Crippen LogP contribution in [-0.2, 0) is 11.3 Å². The van der Waals surface area contributed by atoms with Crippen molar-refractivity contribution in [2.45, 2.75) is 13.0 Å². The van der Waals surface area contributed by atoms with Gasteiger partial charge in [-0.25, -0.2) is 9.97 Å². The third kappa shape index (κ3) is 4.57. The van der Waals surface area contributed by atoms with Gasteiger partial charge in [0.15, 0.2) is 16.6 Å². The zero-order valence-corrected chi connectivity index (χ0v) is 19.9. The van der Waals surface area contributed by atoms with Gasteiger partial charge >= 0.3 is 0 Å². The molecule has 2 aromatic carbocycles. The summed E-state index contributed by atoms with van der Waals surface area (Å²) in [5.41, 5.74) is 1.48. The number of rotatable bonds is 8. The summed E-state index contributed by atoms with van der Waals surface area (Å²) >= 11 is 7.78. The van der Waals surface area contributed by atoms with Crippen LogP contribution in [0.25, 0.3) is 16.3 Å². The van der Waals surface area contributed by atoms with Gasteiger partial charge in [0.25, 0.3) is 5.91 Å². The zero-order chi connectivity index (χ0) is 23.5. The topological polar surface area (TPSA) is 78.7 Å². The monoisotopic (exact) mass is 496 g/mol. The maximum absolute atomic E-state index is 13.3. The number of hydrogen-bond donors (Lipinski definition) is 0. The smallest absolute Gasteiger partial charge is 0.252 e. The zero-order valence-electron chi connectivity index (χ0n) is 18.3. The van der Waals surface area contributed by atoms with E-state index in [4.69, 9.17) is 30.8 Å². The number of methoxy groups -OCH3 is 1. The van der Waals surface area contributed by atoms with Crippen molar-refractivity contribution in [3.8, 4) is 17.2 Å². The van der Waals surface area contributed by atoms with Crippen LogP contribution in [0.15, 0.2) is 55.1 Å². The molecule has 174 valence electrons. The maximum Gasteiger partial charge on any atom is 0.252 e. The van der Waals surface area contributed by atoms with Gasteiger partial charge in [0.2, 0.25) is 6.79 Å². The van der Waals surface area contributed by atoms with Crippen molar-refractivity contribution < 1.29 is 19.0 Å². The first-order valence-corrected chi connectivity index (χ1v) is 11.8. The van der Waals surface area contributed by atoms with E-state index < -0.39 is 0 Å². The normalized spacial score (nSPS) is 12.5. The first-order valence-electron chi connectivity index (χ1n) is 10.6. The predicted octanol–water partition coefficient (Wildman–Crippen LogP) is 5.02. The van der Waals surface area contributed by atoms with Gasteiger partial charge in [0, 0.05) is 31.6 Å². The van der Waals surface area contributed by atoms with Gasteiger partial charge < -0.3 is 18.8 Å². The summed E-state index contributed by atoms with van der Waals surface area (Å²) in [6.45, 7) is 1.41. The highest BCUT2D eigenvalue weighted by Gasteiger charge is 2.21. The van der Waals surface area contributed by atoms with Gasteiger partial charge in [-0.3, -0.25) is 9.69 Å². The van der Waals surface area contributed by atoms with E-state index in [-0.39, 0.29) is 12.7 Å². The lowest BCUT2D eigenvalue weighted by Crippen LogP contribution is -2.30. The summed E-state index contributed by atoms with van der Waals surface area (Å²) in [5.74, 6) is 1.80. The minimum absolute atomic E-state index is 0.183. The minimum atomic E-state index is -0.183. The molecule has 0 saturated carbocycles. The van der Waals surface area contributed by atoms with Crippen LogP contribution in [0, 0.1) is 0 Å². The van der Waals surface area contributed by atoms with Gasteiger partial charge in [-0.2, -0.15) is 0 Å². The number of carbonyl (C=O) groups is 1. The first kappa shape index (κ1) is 22.2. The quantitative estimate of drug-likeness (QED) is 0.319. The Morgan fingerprint density at radius 2 is 2.18 bits per heavy atom. The third-order valence-corrected chi connectivity index (χ3v) is 6.87. The van der Waals surface area contributed by atoms with Gasteiger partial charge in [-0.05, 0) is 42.3 Å². The molecule has 0 aliphatic carbocycles. The van der Waals surface area contributed by atoms with Gasteiger partial charge in [-0.15, -0.1) is 0 Å². The molecule has 4 aromatic rings. The van der Waals surface area contributed by atoms with Crippen molar-refractivity contribution >= 4 is 50.3 Å². The fraction of sp³-hybridized carbons (Fsp3) is 0.208. The molecule has 0 N–H and O–H groups in total. The fourth-order valence-electron chi connectivity index (χ4n) is 3.63. The summed E-state index contributed by atoms with van der Waals surface area (Å²) < 4.78 is 19.0. The Morgan fingerprint density at radius 1 is 1.29 bits per heavy atom. The number of aromatic nitrogens is 3. The molecule has 0 bridgehead atoms. The molecule has 5 rings (SSSR count). The number of thiazole rings is 1. The number of halogens is 1. The van der Waals surface area contributed by atoms with Crippen LogP contribution in [0.4, 0.5) is 5.13 Å². The number of fused-ring (bicyclic) bond motifs is 2. The highest BCUT2D eigenvalue weighted by Crippen LogP contribution is 2.39.